The van der Waals surface area contributed by atoms with Crippen molar-refractivity contribution in [2.45, 2.75) is 19.4 Å². The third-order valence-electron chi connectivity index (χ3n) is 4.18. The quantitative estimate of drug-likeness (QED) is 0.831. The second-order valence-corrected chi connectivity index (χ2v) is 6.25. The molecule has 1 unspecified atom stereocenters. The Kier molecular flexibility index (Phi) is 5.98. The standard InChI is InChI=1S/C17H25N3O3/c1-19(2)16(21)15-8-10-20(12-15)11-14-5-3-13(4-6-14)7-9-18-17(22)23/h3-6,15,18H,7-12H2,1-2H3,(H,22,23). The number of carbonyl (C=O) groups is 2. The Morgan fingerprint density at radius 3 is 2.52 bits per heavy atom. The molecule has 23 heavy (non-hydrogen) atoms. The minimum atomic E-state index is -0.988. The van der Waals surface area contributed by atoms with Gasteiger partial charge in [-0.3, -0.25) is 9.69 Å². The van der Waals surface area contributed by atoms with Crippen molar-refractivity contribution < 1.29 is 14.7 Å². The van der Waals surface area contributed by atoms with Gasteiger partial charge in [0, 0.05) is 33.7 Å². The molecular formula is C17H25N3O3. The molecule has 126 valence electrons. The maximum absolute atomic E-state index is 12.0. The highest BCUT2D eigenvalue weighted by Gasteiger charge is 2.28. The van der Waals surface area contributed by atoms with Gasteiger partial charge < -0.3 is 15.3 Å². The van der Waals surface area contributed by atoms with Crippen LogP contribution in [0.2, 0.25) is 0 Å². The Labute approximate surface area is 137 Å². The van der Waals surface area contributed by atoms with E-state index in [0.29, 0.717) is 13.0 Å². The average molecular weight is 319 g/mol. The minimum Gasteiger partial charge on any atom is -0.465 e. The molecule has 0 aromatic heterocycles. The van der Waals surface area contributed by atoms with E-state index < -0.39 is 6.09 Å². The molecule has 6 nitrogen and oxygen atoms in total. The molecule has 1 fully saturated rings. The van der Waals surface area contributed by atoms with E-state index in [1.165, 1.54) is 5.56 Å². The summed E-state index contributed by atoms with van der Waals surface area (Å²) in [5.74, 6) is 0.333. The summed E-state index contributed by atoms with van der Waals surface area (Å²) in [5.41, 5.74) is 2.34. The normalized spacial score (nSPS) is 17.9. The number of likely N-dealkylation sites (tertiary alicyclic amines) is 1. The Morgan fingerprint density at radius 2 is 1.91 bits per heavy atom. The van der Waals surface area contributed by atoms with Crippen LogP contribution in [0.3, 0.4) is 0 Å². The lowest BCUT2D eigenvalue weighted by Crippen LogP contribution is -2.31. The van der Waals surface area contributed by atoms with Gasteiger partial charge in [0.25, 0.3) is 0 Å². The Balaban J connectivity index is 1.80. The average Bonchev–Trinajstić information content (AvgIpc) is 2.96. The van der Waals surface area contributed by atoms with Crippen molar-refractivity contribution >= 4 is 12.0 Å². The van der Waals surface area contributed by atoms with E-state index in [2.05, 4.69) is 22.3 Å². The molecule has 0 saturated carbocycles. The molecule has 2 rings (SSSR count). The lowest BCUT2D eigenvalue weighted by Gasteiger charge is -2.18. The molecule has 0 bridgehead atoms. The SMILES string of the molecule is CN(C)C(=O)C1CCN(Cc2ccc(CCNC(=O)O)cc2)C1. The molecule has 0 aliphatic carbocycles. The van der Waals surface area contributed by atoms with Crippen molar-refractivity contribution in [1.82, 2.24) is 15.1 Å². The van der Waals surface area contributed by atoms with Crippen molar-refractivity contribution in [2.75, 3.05) is 33.7 Å². The Bertz CT molecular complexity index is 543. The first kappa shape index (κ1) is 17.3. The van der Waals surface area contributed by atoms with Crippen LogP contribution in [0.25, 0.3) is 0 Å². The first-order chi connectivity index (χ1) is 11.0. The summed E-state index contributed by atoms with van der Waals surface area (Å²) in [5, 5.41) is 10.9. The van der Waals surface area contributed by atoms with Gasteiger partial charge >= 0.3 is 6.09 Å². The largest absolute Gasteiger partial charge is 0.465 e. The molecule has 1 aliphatic heterocycles. The fraction of sp³-hybridized carbons (Fsp3) is 0.529. The molecular weight excluding hydrogens is 294 g/mol. The van der Waals surface area contributed by atoms with Gasteiger partial charge in [0.1, 0.15) is 0 Å². The predicted octanol–water partition coefficient (Wildman–Crippen LogP) is 1.41. The number of nitrogens with one attached hydrogen (secondary N) is 1. The number of hydrogen-bond acceptors (Lipinski definition) is 3. The van der Waals surface area contributed by atoms with Crippen LogP contribution in [-0.2, 0) is 17.8 Å². The van der Waals surface area contributed by atoms with Crippen molar-refractivity contribution in [3.8, 4) is 0 Å². The predicted molar refractivity (Wildman–Crippen MR) is 88.3 cm³/mol. The van der Waals surface area contributed by atoms with E-state index in [9.17, 15) is 9.59 Å². The molecule has 1 aromatic rings. The number of carbonyl (C=O) groups excluding carboxylic acids is 1. The molecule has 1 aromatic carbocycles. The number of nitrogens with zero attached hydrogens (tertiary/aromatic N) is 2. The van der Waals surface area contributed by atoms with Crippen LogP contribution in [0.15, 0.2) is 24.3 Å². The molecule has 0 spiro atoms. The summed E-state index contributed by atoms with van der Waals surface area (Å²) in [7, 11) is 3.62. The molecule has 0 radical (unpaired) electrons. The molecule has 1 aliphatic rings. The van der Waals surface area contributed by atoms with Crippen LogP contribution in [0.5, 0.6) is 0 Å². The second-order valence-electron chi connectivity index (χ2n) is 6.25. The topological polar surface area (TPSA) is 72.9 Å². The highest BCUT2D eigenvalue weighted by Crippen LogP contribution is 2.20. The van der Waals surface area contributed by atoms with Crippen molar-refractivity contribution in [3.05, 3.63) is 35.4 Å². The zero-order chi connectivity index (χ0) is 16.8. The third-order valence-corrected chi connectivity index (χ3v) is 4.18. The van der Waals surface area contributed by atoms with Crippen LogP contribution >= 0.6 is 0 Å². The van der Waals surface area contributed by atoms with E-state index in [-0.39, 0.29) is 11.8 Å². The fourth-order valence-corrected chi connectivity index (χ4v) is 2.93. The Hall–Kier alpha value is -2.08. The van der Waals surface area contributed by atoms with Crippen molar-refractivity contribution in [3.63, 3.8) is 0 Å². The first-order valence-electron chi connectivity index (χ1n) is 7.94. The smallest absolute Gasteiger partial charge is 0.404 e. The van der Waals surface area contributed by atoms with Gasteiger partial charge in [-0.15, -0.1) is 0 Å². The molecule has 1 saturated heterocycles. The summed E-state index contributed by atoms with van der Waals surface area (Å²) in [6.07, 6.45) is 0.628. The van der Waals surface area contributed by atoms with E-state index in [0.717, 1.165) is 31.6 Å². The molecule has 6 heteroatoms. The second kappa shape index (κ2) is 7.97. The minimum absolute atomic E-state index is 0.117. The van der Waals surface area contributed by atoms with E-state index >= 15 is 0 Å². The van der Waals surface area contributed by atoms with Gasteiger partial charge in [-0.25, -0.2) is 4.79 Å². The zero-order valence-corrected chi connectivity index (χ0v) is 13.8. The van der Waals surface area contributed by atoms with E-state index in [1.54, 1.807) is 4.90 Å². The lowest BCUT2D eigenvalue weighted by atomic mass is 10.1. The van der Waals surface area contributed by atoms with Crippen LogP contribution in [-0.4, -0.2) is 60.6 Å². The summed E-state index contributed by atoms with van der Waals surface area (Å²) in [6.45, 7) is 3.05. The van der Waals surface area contributed by atoms with Gasteiger partial charge in [0.15, 0.2) is 0 Å². The Morgan fingerprint density at radius 1 is 1.26 bits per heavy atom. The van der Waals surface area contributed by atoms with Crippen LogP contribution in [0.1, 0.15) is 17.5 Å². The summed E-state index contributed by atoms with van der Waals surface area (Å²) < 4.78 is 0. The highest BCUT2D eigenvalue weighted by atomic mass is 16.4. The summed E-state index contributed by atoms with van der Waals surface area (Å²) >= 11 is 0. The van der Waals surface area contributed by atoms with E-state index in [1.807, 2.05) is 26.2 Å². The lowest BCUT2D eigenvalue weighted by molar-refractivity contribution is -0.132. The monoisotopic (exact) mass is 319 g/mol. The van der Waals surface area contributed by atoms with Crippen molar-refractivity contribution in [1.29, 1.82) is 0 Å². The fourth-order valence-electron chi connectivity index (χ4n) is 2.93. The van der Waals surface area contributed by atoms with Gasteiger partial charge in [0.05, 0.1) is 5.92 Å². The molecule has 1 atom stereocenters. The van der Waals surface area contributed by atoms with Gasteiger partial charge in [0.2, 0.25) is 5.91 Å². The maximum atomic E-state index is 12.0. The van der Waals surface area contributed by atoms with Crippen LogP contribution in [0.4, 0.5) is 4.79 Å². The highest BCUT2D eigenvalue weighted by molar-refractivity contribution is 5.78. The van der Waals surface area contributed by atoms with Crippen molar-refractivity contribution in [2.24, 2.45) is 5.92 Å². The maximum Gasteiger partial charge on any atom is 0.404 e. The molecule has 2 N–H and O–H groups in total. The number of amides is 2. The number of benzene rings is 1. The number of rotatable bonds is 6. The van der Waals surface area contributed by atoms with Gasteiger partial charge in [-0.2, -0.15) is 0 Å². The van der Waals surface area contributed by atoms with Crippen LogP contribution < -0.4 is 5.32 Å². The van der Waals surface area contributed by atoms with Gasteiger partial charge in [-0.05, 0) is 30.5 Å². The number of hydrogen-bond donors (Lipinski definition) is 2. The summed E-state index contributed by atoms with van der Waals surface area (Å²) in [4.78, 5) is 26.4. The number of carboxylic acid groups (broad SMARTS) is 1. The van der Waals surface area contributed by atoms with Gasteiger partial charge in [-0.1, -0.05) is 24.3 Å². The van der Waals surface area contributed by atoms with E-state index in [4.69, 9.17) is 5.11 Å². The zero-order valence-electron chi connectivity index (χ0n) is 13.8. The van der Waals surface area contributed by atoms with Crippen LogP contribution in [0, 0.1) is 5.92 Å². The first-order valence-corrected chi connectivity index (χ1v) is 7.94. The third kappa shape index (κ3) is 5.25. The molecule has 1 heterocycles. The molecule has 2 amide bonds. The summed E-state index contributed by atoms with van der Waals surface area (Å²) in [6, 6.07) is 8.24.